The molecule has 0 atom stereocenters. The molecule has 0 bridgehead atoms. The van der Waals surface area contributed by atoms with Crippen LogP contribution >= 0.6 is 11.3 Å². The third kappa shape index (κ3) is 3.19. The molecule has 0 fully saturated rings. The van der Waals surface area contributed by atoms with Crippen molar-refractivity contribution in [1.29, 1.82) is 0 Å². The maximum atomic E-state index is 12.7. The summed E-state index contributed by atoms with van der Waals surface area (Å²) in [6.07, 6.45) is -2.43. The van der Waals surface area contributed by atoms with Crippen LogP contribution in [0.5, 0.6) is 0 Å². The fraction of sp³-hybridized carbons (Fsp3) is 0.188. The van der Waals surface area contributed by atoms with Gasteiger partial charge in [0.15, 0.2) is 0 Å². The minimum absolute atomic E-state index is 0.0582. The maximum Gasteiger partial charge on any atom is 0.263 e. The molecule has 3 rings (SSSR count). The number of fused-ring (bicyclic) bond motifs is 1. The van der Waals surface area contributed by atoms with Crippen LogP contribution in [0.2, 0.25) is 0 Å². The van der Waals surface area contributed by atoms with Gasteiger partial charge in [0, 0.05) is 17.8 Å². The van der Waals surface area contributed by atoms with Gasteiger partial charge in [0.1, 0.15) is 0 Å². The van der Waals surface area contributed by atoms with E-state index < -0.39 is 6.43 Å². The summed E-state index contributed by atoms with van der Waals surface area (Å²) in [5.41, 5.74) is 2.85. The van der Waals surface area contributed by atoms with E-state index >= 15 is 0 Å². The van der Waals surface area contributed by atoms with E-state index in [-0.39, 0.29) is 5.56 Å². The van der Waals surface area contributed by atoms with Crippen molar-refractivity contribution in [3.8, 4) is 0 Å². The predicted molar refractivity (Wildman–Crippen MR) is 83.1 cm³/mol. The number of benzene rings is 2. The first-order chi connectivity index (χ1) is 10.1. The van der Waals surface area contributed by atoms with Crippen LogP contribution in [0.25, 0.3) is 10.2 Å². The van der Waals surface area contributed by atoms with Crippen molar-refractivity contribution in [3.05, 3.63) is 58.6 Å². The van der Waals surface area contributed by atoms with E-state index in [1.54, 1.807) is 17.4 Å². The van der Waals surface area contributed by atoms with Crippen molar-refractivity contribution < 1.29 is 8.78 Å². The van der Waals surface area contributed by atoms with Crippen LogP contribution in [0.15, 0.2) is 42.5 Å². The molecular formula is C16H14F2N2S. The molecular weight excluding hydrogens is 290 g/mol. The Morgan fingerprint density at radius 2 is 2.05 bits per heavy atom. The second kappa shape index (κ2) is 5.77. The molecule has 0 aliphatic carbocycles. The number of halogens is 2. The van der Waals surface area contributed by atoms with Crippen LogP contribution in [0.3, 0.4) is 0 Å². The monoisotopic (exact) mass is 304 g/mol. The number of nitrogens with one attached hydrogen (secondary N) is 1. The molecule has 2 nitrogen and oxygen atoms in total. The number of aromatic nitrogens is 1. The second-order valence-electron chi connectivity index (χ2n) is 4.81. The smallest absolute Gasteiger partial charge is 0.263 e. The van der Waals surface area contributed by atoms with E-state index in [0.717, 1.165) is 26.5 Å². The number of aryl methyl sites for hydroxylation is 1. The molecule has 0 saturated heterocycles. The van der Waals surface area contributed by atoms with Gasteiger partial charge in [-0.05, 0) is 36.8 Å². The van der Waals surface area contributed by atoms with Gasteiger partial charge in [-0.15, -0.1) is 11.3 Å². The standard InChI is InChI=1S/C16H14F2N2S/c1-10-20-14-6-5-13(8-15(14)21-10)19-9-11-3-2-4-12(7-11)16(17)18/h2-8,16,19H,9H2,1H3. The zero-order valence-electron chi connectivity index (χ0n) is 11.4. The number of anilines is 1. The maximum absolute atomic E-state index is 12.7. The van der Waals surface area contributed by atoms with Crippen LogP contribution in [-0.4, -0.2) is 4.98 Å². The summed E-state index contributed by atoms with van der Waals surface area (Å²) < 4.78 is 26.4. The van der Waals surface area contributed by atoms with Crippen LogP contribution in [-0.2, 0) is 6.54 Å². The third-order valence-electron chi connectivity index (χ3n) is 3.20. The number of hydrogen-bond acceptors (Lipinski definition) is 3. The van der Waals surface area contributed by atoms with E-state index in [1.807, 2.05) is 31.2 Å². The molecule has 2 aromatic carbocycles. The van der Waals surface area contributed by atoms with Gasteiger partial charge in [0.2, 0.25) is 0 Å². The molecule has 1 N–H and O–H groups in total. The van der Waals surface area contributed by atoms with Gasteiger partial charge < -0.3 is 5.32 Å². The van der Waals surface area contributed by atoms with Crippen molar-refractivity contribution in [1.82, 2.24) is 4.98 Å². The molecule has 0 spiro atoms. The highest BCUT2D eigenvalue weighted by Gasteiger charge is 2.07. The molecule has 0 amide bonds. The lowest BCUT2D eigenvalue weighted by Crippen LogP contribution is -2.00. The molecule has 0 radical (unpaired) electrons. The number of hydrogen-bond donors (Lipinski definition) is 1. The SMILES string of the molecule is Cc1nc2ccc(NCc3cccc(C(F)F)c3)cc2s1. The number of thiazole rings is 1. The second-order valence-corrected chi connectivity index (χ2v) is 6.05. The van der Waals surface area contributed by atoms with Gasteiger partial charge in [-0.3, -0.25) is 0 Å². The highest BCUT2D eigenvalue weighted by atomic mass is 32.1. The van der Waals surface area contributed by atoms with Crippen LogP contribution in [0.1, 0.15) is 22.6 Å². The lowest BCUT2D eigenvalue weighted by Gasteiger charge is -2.08. The minimum atomic E-state index is -2.43. The van der Waals surface area contributed by atoms with Gasteiger partial charge in [-0.2, -0.15) is 0 Å². The fourth-order valence-corrected chi connectivity index (χ4v) is 3.06. The molecule has 5 heteroatoms. The summed E-state index contributed by atoms with van der Waals surface area (Å²) in [5, 5.41) is 4.30. The topological polar surface area (TPSA) is 24.9 Å². The van der Waals surface area contributed by atoms with E-state index in [0.29, 0.717) is 6.54 Å². The molecule has 21 heavy (non-hydrogen) atoms. The Kier molecular flexibility index (Phi) is 3.84. The normalized spacial score (nSPS) is 11.2. The lowest BCUT2D eigenvalue weighted by molar-refractivity contribution is 0.151. The number of alkyl halides is 2. The summed E-state index contributed by atoms with van der Waals surface area (Å²) in [6.45, 7) is 2.50. The van der Waals surface area contributed by atoms with Crippen LogP contribution in [0.4, 0.5) is 14.5 Å². The van der Waals surface area contributed by atoms with Gasteiger partial charge in [0.25, 0.3) is 6.43 Å². The van der Waals surface area contributed by atoms with E-state index in [1.165, 1.54) is 12.1 Å². The van der Waals surface area contributed by atoms with Crippen LogP contribution < -0.4 is 5.32 Å². The molecule has 1 heterocycles. The summed E-state index contributed by atoms with van der Waals surface area (Å²) >= 11 is 1.64. The Morgan fingerprint density at radius 3 is 2.86 bits per heavy atom. The molecule has 1 aromatic heterocycles. The molecule has 108 valence electrons. The van der Waals surface area contributed by atoms with Crippen LogP contribution in [0, 0.1) is 6.92 Å². The zero-order chi connectivity index (χ0) is 14.8. The van der Waals surface area contributed by atoms with E-state index in [4.69, 9.17) is 0 Å². The Labute approximate surface area is 125 Å². The van der Waals surface area contributed by atoms with Gasteiger partial charge >= 0.3 is 0 Å². The molecule has 0 aliphatic heterocycles. The third-order valence-corrected chi connectivity index (χ3v) is 4.13. The zero-order valence-corrected chi connectivity index (χ0v) is 12.3. The molecule has 3 aromatic rings. The highest BCUT2D eigenvalue weighted by Crippen LogP contribution is 2.25. The first kappa shape index (κ1) is 13.9. The number of rotatable bonds is 4. The Hall–Kier alpha value is -2.01. The summed E-state index contributed by atoms with van der Waals surface area (Å²) in [5.74, 6) is 0. The summed E-state index contributed by atoms with van der Waals surface area (Å²) in [4.78, 5) is 4.41. The quantitative estimate of drug-likeness (QED) is 0.720. The van der Waals surface area contributed by atoms with Gasteiger partial charge in [0.05, 0.1) is 15.2 Å². The predicted octanol–water partition coefficient (Wildman–Crippen LogP) is 5.15. The van der Waals surface area contributed by atoms with Gasteiger partial charge in [-0.1, -0.05) is 18.2 Å². The van der Waals surface area contributed by atoms with Crippen molar-refractivity contribution in [2.45, 2.75) is 19.9 Å². The minimum Gasteiger partial charge on any atom is -0.381 e. The summed E-state index contributed by atoms with van der Waals surface area (Å²) in [7, 11) is 0. The average molecular weight is 304 g/mol. The lowest BCUT2D eigenvalue weighted by atomic mass is 10.1. The fourth-order valence-electron chi connectivity index (χ4n) is 2.19. The number of nitrogens with zero attached hydrogens (tertiary/aromatic N) is 1. The Bertz CT molecular complexity index is 768. The van der Waals surface area contributed by atoms with Crippen molar-refractivity contribution in [3.63, 3.8) is 0 Å². The Balaban J connectivity index is 1.75. The highest BCUT2D eigenvalue weighted by molar-refractivity contribution is 7.18. The van der Waals surface area contributed by atoms with Crippen molar-refractivity contribution in [2.75, 3.05) is 5.32 Å². The van der Waals surface area contributed by atoms with Crippen molar-refractivity contribution in [2.24, 2.45) is 0 Å². The van der Waals surface area contributed by atoms with E-state index in [2.05, 4.69) is 10.3 Å². The van der Waals surface area contributed by atoms with E-state index in [9.17, 15) is 8.78 Å². The molecule has 0 aliphatic rings. The molecule has 0 unspecified atom stereocenters. The molecule has 0 saturated carbocycles. The van der Waals surface area contributed by atoms with Gasteiger partial charge in [-0.25, -0.2) is 13.8 Å². The first-order valence-corrected chi connectivity index (χ1v) is 7.41. The van der Waals surface area contributed by atoms with Crippen molar-refractivity contribution >= 4 is 27.2 Å². The Morgan fingerprint density at radius 1 is 1.19 bits per heavy atom. The average Bonchev–Trinajstić information content (AvgIpc) is 2.84. The first-order valence-electron chi connectivity index (χ1n) is 6.60. The largest absolute Gasteiger partial charge is 0.381 e. The summed E-state index contributed by atoms with van der Waals surface area (Å²) in [6, 6.07) is 12.4.